The van der Waals surface area contributed by atoms with E-state index in [0.29, 0.717) is 6.61 Å². The molecule has 0 unspecified atom stereocenters. The molecular weight excluding hydrogens is 338 g/mol. The number of aryl methyl sites for hydroxylation is 1. The fourth-order valence-corrected chi connectivity index (χ4v) is 2.59. The van der Waals surface area contributed by atoms with Gasteiger partial charge in [0.2, 0.25) is 0 Å². The molecule has 134 valence electrons. The Bertz CT molecular complexity index is 731. The number of rotatable bonds is 7. The first-order chi connectivity index (χ1) is 11.6. The van der Waals surface area contributed by atoms with Crippen LogP contribution in [0, 0.1) is 6.92 Å². The molecule has 2 rings (SSSR count). The summed E-state index contributed by atoms with van der Waals surface area (Å²) in [6, 6.07) is 13.4. The van der Waals surface area contributed by atoms with Gasteiger partial charge in [-0.2, -0.15) is 0 Å². The molecule has 0 aliphatic rings. The molecule has 0 aliphatic carbocycles. The molecule has 0 bridgehead atoms. The standard InChI is InChI=1S/C20H23NO3.ClH/c1-4-11-24-18-10-5-7-14(2)20(18)16-9-6-8-15(12-16)17(21)13-19(22)23-3;/h4-10,12,17H,1,11,13,21H2,2-3H3;1H/t17-;/m0./s1. The lowest BCUT2D eigenvalue weighted by Crippen LogP contribution is -2.16. The Morgan fingerprint density at radius 1 is 1.28 bits per heavy atom. The molecule has 0 radical (unpaired) electrons. The maximum absolute atomic E-state index is 11.4. The molecule has 2 aromatic rings. The van der Waals surface area contributed by atoms with E-state index in [9.17, 15) is 4.79 Å². The molecule has 2 N–H and O–H groups in total. The zero-order valence-electron chi connectivity index (χ0n) is 14.5. The lowest BCUT2D eigenvalue weighted by molar-refractivity contribution is -0.141. The molecule has 5 heteroatoms. The minimum absolute atomic E-state index is 0. The van der Waals surface area contributed by atoms with Crippen LogP contribution in [0.5, 0.6) is 5.75 Å². The van der Waals surface area contributed by atoms with Crippen molar-refractivity contribution in [2.24, 2.45) is 5.73 Å². The average Bonchev–Trinajstić information content (AvgIpc) is 2.59. The highest BCUT2D eigenvalue weighted by atomic mass is 35.5. The highest BCUT2D eigenvalue weighted by Crippen LogP contribution is 2.34. The Morgan fingerprint density at radius 2 is 2.00 bits per heavy atom. The summed E-state index contributed by atoms with van der Waals surface area (Å²) >= 11 is 0. The number of carbonyl (C=O) groups excluding carboxylic acids is 1. The highest BCUT2D eigenvalue weighted by molar-refractivity contribution is 5.85. The van der Waals surface area contributed by atoms with Gasteiger partial charge < -0.3 is 15.2 Å². The number of hydrogen-bond donors (Lipinski definition) is 1. The van der Waals surface area contributed by atoms with Crippen LogP contribution in [0.15, 0.2) is 55.1 Å². The van der Waals surface area contributed by atoms with Crippen LogP contribution in [0.25, 0.3) is 11.1 Å². The van der Waals surface area contributed by atoms with Crippen LogP contribution in [0.3, 0.4) is 0 Å². The van der Waals surface area contributed by atoms with Crippen LogP contribution in [0.1, 0.15) is 23.6 Å². The first-order valence-electron chi connectivity index (χ1n) is 7.82. The number of halogens is 1. The smallest absolute Gasteiger partial charge is 0.307 e. The number of benzene rings is 2. The molecule has 4 nitrogen and oxygen atoms in total. The largest absolute Gasteiger partial charge is 0.489 e. The van der Waals surface area contributed by atoms with E-state index in [1.807, 2.05) is 49.4 Å². The van der Waals surface area contributed by atoms with Crippen LogP contribution in [0.2, 0.25) is 0 Å². The molecule has 0 spiro atoms. The van der Waals surface area contributed by atoms with Crippen molar-refractivity contribution >= 4 is 18.4 Å². The maximum atomic E-state index is 11.4. The van der Waals surface area contributed by atoms with E-state index >= 15 is 0 Å². The highest BCUT2D eigenvalue weighted by Gasteiger charge is 2.15. The predicted molar refractivity (Wildman–Crippen MR) is 103 cm³/mol. The second-order valence-electron chi connectivity index (χ2n) is 5.56. The van der Waals surface area contributed by atoms with Gasteiger partial charge in [0.05, 0.1) is 13.5 Å². The van der Waals surface area contributed by atoms with Crippen LogP contribution in [-0.4, -0.2) is 19.7 Å². The van der Waals surface area contributed by atoms with Gasteiger partial charge in [-0.25, -0.2) is 0 Å². The van der Waals surface area contributed by atoms with Gasteiger partial charge in [0, 0.05) is 11.6 Å². The number of carbonyl (C=O) groups is 1. The second kappa shape index (κ2) is 9.87. The van der Waals surface area contributed by atoms with Crippen LogP contribution in [-0.2, 0) is 9.53 Å². The lowest BCUT2D eigenvalue weighted by Gasteiger charge is -2.16. The van der Waals surface area contributed by atoms with Gasteiger partial charge >= 0.3 is 5.97 Å². The van der Waals surface area contributed by atoms with Crippen LogP contribution in [0.4, 0.5) is 0 Å². The van der Waals surface area contributed by atoms with Crippen molar-refractivity contribution < 1.29 is 14.3 Å². The van der Waals surface area contributed by atoms with E-state index in [2.05, 4.69) is 6.58 Å². The first kappa shape index (κ1) is 20.7. The lowest BCUT2D eigenvalue weighted by atomic mass is 9.95. The summed E-state index contributed by atoms with van der Waals surface area (Å²) in [6.45, 7) is 6.17. The molecule has 0 aliphatic heterocycles. The number of methoxy groups -OCH3 is 1. The normalized spacial score (nSPS) is 11.2. The third kappa shape index (κ3) is 5.34. The molecule has 2 aromatic carbocycles. The third-order valence-corrected chi connectivity index (χ3v) is 3.81. The zero-order valence-corrected chi connectivity index (χ0v) is 15.3. The third-order valence-electron chi connectivity index (χ3n) is 3.81. The van der Waals surface area contributed by atoms with Gasteiger partial charge in [-0.05, 0) is 35.7 Å². The van der Waals surface area contributed by atoms with Crippen molar-refractivity contribution in [3.05, 3.63) is 66.2 Å². The number of hydrogen-bond acceptors (Lipinski definition) is 4. The van der Waals surface area contributed by atoms with Gasteiger partial charge in [0.1, 0.15) is 12.4 Å². The maximum Gasteiger partial charge on any atom is 0.307 e. The van der Waals surface area contributed by atoms with E-state index in [1.165, 1.54) is 7.11 Å². The summed E-state index contributed by atoms with van der Waals surface area (Å²) in [5, 5.41) is 0. The number of ether oxygens (including phenoxy) is 2. The Hall–Kier alpha value is -2.30. The fraction of sp³-hybridized carbons (Fsp3) is 0.250. The van der Waals surface area contributed by atoms with Crippen molar-refractivity contribution in [1.29, 1.82) is 0 Å². The molecule has 0 amide bonds. The van der Waals surface area contributed by atoms with E-state index < -0.39 is 6.04 Å². The van der Waals surface area contributed by atoms with E-state index in [4.69, 9.17) is 15.2 Å². The van der Waals surface area contributed by atoms with Crippen molar-refractivity contribution in [1.82, 2.24) is 0 Å². The van der Waals surface area contributed by atoms with Crippen molar-refractivity contribution in [3.63, 3.8) is 0 Å². The van der Waals surface area contributed by atoms with Gasteiger partial charge in [-0.1, -0.05) is 43.0 Å². The van der Waals surface area contributed by atoms with Gasteiger partial charge in [0.25, 0.3) is 0 Å². The Balaban J connectivity index is 0.00000312. The quantitative estimate of drug-likeness (QED) is 0.592. The molecule has 25 heavy (non-hydrogen) atoms. The van der Waals surface area contributed by atoms with Crippen molar-refractivity contribution in [2.75, 3.05) is 13.7 Å². The molecule has 1 atom stereocenters. The Kier molecular flexibility index (Phi) is 8.19. The van der Waals surface area contributed by atoms with Crippen LogP contribution >= 0.6 is 12.4 Å². The van der Waals surface area contributed by atoms with Gasteiger partial charge in [-0.15, -0.1) is 12.4 Å². The number of nitrogens with two attached hydrogens (primary N) is 1. The Labute approximate surface area is 155 Å². The topological polar surface area (TPSA) is 61.5 Å². The summed E-state index contributed by atoms with van der Waals surface area (Å²) in [5.41, 5.74) is 10.1. The SMILES string of the molecule is C=CCOc1cccc(C)c1-c1cccc([C@@H](N)CC(=O)OC)c1.Cl. The van der Waals surface area contributed by atoms with E-state index in [-0.39, 0.29) is 24.8 Å². The molecule has 0 saturated heterocycles. The van der Waals surface area contributed by atoms with Gasteiger partial charge in [0.15, 0.2) is 0 Å². The van der Waals surface area contributed by atoms with Crippen molar-refractivity contribution in [3.8, 4) is 16.9 Å². The van der Waals surface area contributed by atoms with Crippen LogP contribution < -0.4 is 10.5 Å². The van der Waals surface area contributed by atoms with E-state index in [1.54, 1.807) is 6.08 Å². The summed E-state index contributed by atoms with van der Waals surface area (Å²) in [6.07, 6.45) is 1.86. The predicted octanol–water partition coefficient (Wildman–Crippen LogP) is 4.21. The zero-order chi connectivity index (χ0) is 17.5. The molecule has 0 saturated carbocycles. The monoisotopic (exact) mass is 361 g/mol. The summed E-state index contributed by atoms with van der Waals surface area (Å²) < 4.78 is 10.5. The number of esters is 1. The summed E-state index contributed by atoms with van der Waals surface area (Å²) in [7, 11) is 1.36. The first-order valence-corrected chi connectivity index (χ1v) is 7.82. The molecule has 0 fully saturated rings. The van der Waals surface area contributed by atoms with E-state index in [0.717, 1.165) is 28.0 Å². The molecule has 0 aromatic heterocycles. The average molecular weight is 362 g/mol. The summed E-state index contributed by atoms with van der Waals surface area (Å²) in [4.78, 5) is 11.4. The summed E-state index contributed by atoms with van der Waals surface area (Å²) in [5.74, 6) is 0.479. The second-order valence-corrected chi connectivity index (χ2v) is 5.56. The fourth-order valence-electron chi connectivity index (χ4n) is 2.59. The van der Waals surface area contributed by atoms with Gasteiger partial charge in [-0.3, -0.25) is 4.79 Å². The molecule has 0 heterocycles. The Morgan fingerprint density at radius 3 is 2.68 bits per heavy atom. The van der Waals surface area contributed by atoms with Crippen molar-refractivity contribution in [2.45, 2.75) is 19.4 Å². The minimum atomic E-state index is -0.404. The molecular formula is C20H24ClNO3. The minimum Gasteiger partial charge on any atom is -0.489 e.